The number of fused-ring (bicyclic) bond motifs is 1. The monoisotopic (exact) mass is 512 g/mol. The molecule has 1 amide bonds. The third-order valence-corrected chi connectivity index (χ3v) is 7.55. The molecule has 3 aromatic carbocycles. The Morgan fingerprint density at radius 1 is 0.892 bits per heavy atom. The molecule has 0 aromatic heterocycles. The first kappa shape index (κ1) is 25.1. The van der Waals surface area contributed by atoms with Crippen molar-refractivity contribution in [2.24, 2.45) is 11.0 Å². The predicted molar refractivity (Wildman–Crippen MR) is 155 cm³/mol. The molecule has 37 heavy (non-hydrogen) atoms. The van der Waals surface area contributed by atoms with E-state index in [2.05, 4.69) is 64.4 Å². The number of amides is 1. The van der Waals surface area contributed by atoms with E-state index in [-0.39, 0.29) is 17.9 Å². The number of rotatable bonds is 5. The smallest absolute Gasteiger partial charge is 0.274 e. The third-order valence-electron chi connectivity index (χ3n) is 7.30. The van der Waals surface area contributed by atoms with Gasteiger partial charge in [0.1, 0.15) is 0 Å². The lowest BCUT2D eigenvalue weighted by Crippen LogP contribution is -2.32. The van der Waals surface area contributed by atoms with Crippen molar-refractivity contribution in [3.8, 4) is 0 Å². The van der Waals surface area contributed by atoms with Gasteiger partial charge in [-0.05, 0) is 90.6 Å². The number of allylic oxidation sites excluding steroid dienone is 1. The van der Waals surface area contributed by atoms with Gasteiger partial charge in [0, 0.05) is 56.1 Å². The minimum absolute atomic E-state index is 0.102. The average Bonchev–Trinajstić information content (AvgIpc) is 3.30. The van der Waals surface area contributed by atoms with E-state index in [9.17, 15) is 4.79 Å². The maximum atomic E-state index is 13.8. The van der Waals surface area contributed by atoms with E-state index in [0.29, 0.717) is 10.6 Å². The predicted octanol–water partition coefficient (Wildman–Crippen LogP) is 6.91. The van der Waals surface area contributed by atoms with Crippen LogP contribution in [0.25, 0.3) is 6.08 Å². The fraction of sp³-hybridized carbons (Fsp3) is 0.290. The van der Waals surface area contributed by atoms with Crippen molar-refractivity contribution in [3.63, 3.8) is 0 Å². The normalized spacial score (nSPS) is 20.0. The van der Waals surface area contributed by atoms with Crippen LogP contribution in [0.2, 0.25) is 5.02 Å². The zero-order chi connectivity index (χ0) is 26.1. The Hall–Kier alpha value is -3.57. The zero-order valence-corrected chi connectivity index (χ0v) is 22.6. The van der Waals surface area contributed by atoms with Gasteiger partial charge in [0.25, 0.3) is 5.91 Å². The maximum Gasteiger partial charge on any atom is 0.274 e. The summed E-state index contributed by atoms with van der Waals surface area (Å²) in [6, 6.07) is 24.0. The highest BCUT2D eigenvalue weighted by Crippen LogP contribution is 2.45. The van der Waals surface area contributed by atoms with Crippen LogP contribution in [-0.4, -0.2) is 44.8 Å². The Balaban J connectivity index is 1.54. The molecule has 3 aromatic rings. The second-order valence-corrected chi connectivity index (χ2v) is 10.7. The van der Waals surface area contributed by atoms with E-state index in [0.717, 1.165) is 41.8 Å². The highest BCUT2D eigenvalue weighted by atomic mass is 35.5. The minimum atomic E-state index is -0.144. The standard InChI is InChI=1S/C31H33ClN4O/c1-34(2)26-16-8-21(9-17-26)20-24-6-5-7-28-29(24)33-36(31(37)23-10-14-25(32)15-11-23)30(28)22-12-18-27(19-13-22)35(3)4/h8-20,28,30H,5-7H2,1-4H3/b24-20-/t28-,30+/m1/s1. The Morgan fingerprint density at radius 3 is 2.08 bits per heavy atom. The number of anilines is 2. The molecule has 1 aliphatic heterocycles. The number of hydrogen-bond donors (Lipinski definition) is 0. The van der Waals surface area contributed by atoms with Gasteiger partial charge in [-0.3, -0.25) is 4.79 Å². The summed E-state index contributed by atoms with van der Waals surface area (Å²) >= 11 is 6.10. The van der Waals surface area contributed by atoms with Crippen LogP contribution in [0, 0.1) is 5.92 Å². The van der Waals surface area contributed by atoms with E-state index in [4.69, 9.17) is 16.7 Å². The van der Waals surface area contributed by atoms with Crippen molar-refractivity contribution in [2.45, 2.75) is 25.3 Å². The lowest BCUT2D eigenvalue weighted by atomic mass is 9.77. The molecule has 2 aliphatic rings. The molecule has 0 N–H and O–H groups in total. The van der Waals surface area contributed by atoms with Crippen LogP contribution < -0.4 is 9.80 Å². The van der Waals surface area contributed by atoms with Gasteiger partial charge in [-0.1, -0.05) is 35.9 Å². The largest absolute Gasteiger partial charge is 0.378 e. The van der Waals surface area contributed by atoms with Crippen molar-refractivity contribution < 1.29 is 4.79 Å². The van der Waals surface area contributed by atoms with Gasteiger partial charge < -0.3 is 9.80 Å². The maximum absolute atomic E-state index is 13.8. The molecule has 2 atom stereocenters. The average molecular weight is 513 g/mol. The molecule has 190 valence electrons. The van der Waals surface area contributed by atoms with Crippen LogP contribution in [0.3, 0.4) is 0 Å². The minimum Gasteiger partial charge on any atom is -0.378 e. The highest BCUT2D eigenvalue weighted by molar-refractivity contribution is 6.30. The van der Waals surface area contributed by atoms with Crippen molar-refractivity contribution in [1.82, 2.24) is 5.01 Å². The first-order valence-corrected chi connectivity index (χ1v) is 13.1. The van der Waals surface area contributed by atoms with E-state index in [1.165, 1.54) is 11.3 Å². The number of halogens is 1. The Bertz CT molecular complexity index is 1330. The lowest BCUT2D eigenvalue weighted by molar-refractivity contribution is 0.0681. The molecular formula is C31H33ClN4O. The van der Waals surface area contributed by atoms with Gasteiger partial charge in [0.2, 0.25) is 0 Å². The fourth-order valence-electron chi connectivity index (χ4n) is 5.27. The van der Waals surface area contributed by atoms with Crippen molar-refractivity contribution in [2.75, 3.05) is 38.0 Å². The summed E-state index contributed by atoms with van der Waals surface area (Å²) in [5.74, 6) is 0.0532. The number of carbonyl (C=O) groups excluding carboxylic acids is 1. The molecule has 1 heterocycles. The second-order valence-electron chi connectivity index (χ2n) is 10.2. The highest BCUT2D eigenvalue weighted by Gasteiger charge is 2.43. The molecular weight excluding hydrogens is 480 g/mol. The molecule has 0 bridgehead atoms. The first-order chi connectivity index (χ1) is 17.8. The van der Waals surface area contributed by atoms with Crippen LogP contribution in [-0.2, 0) is 0 Å². The summed E-state index contributed by atoms with van der Waals surface area (Å²) < 4.78 is 0. The molecule has 5 nitrogen and oxygen atoms in total. The van der Waals surface area contributed by atoms with E-state index < -0.39 is 0 Å². The van der Waals surface area contributed by atoms with Crippen molar-refractivity contribution in [1.29, 1.82) is 0 Å². The van der Waals surface area contributed by atoms with Gasteiger partial charge in [0.05, 0.1) is 11.8 Å². The first-order valence-electron chi connectivity index (χ1n) is 12.7. The zero-order valence-electron chi connectivity index (χ0n) is 21.9. The molecule has 6 heteroatoms. The lowest BCUT2D eigenvalue weighted by Gasteiger charge is -2.30. The number of carbonyl (C=O) groups is 1. The SMILES string of the molecule is CN(C)c1ccc(/C=C2/CCC[C@@H]3C2=NN(C(=O)c2ccc(Cl)cc2)[C@H]3c2ccc(N(C)C)cc2)cc1. The summed E-state index contributed by atoms with van der Waals surface area (Å²) in [7, 11) is 8.16. The van der Waals surface area contributed by atoms with Crippen LogP contribution in [0.15, 0.2) is 83.5 Å². The summed E-state index contributed by atoms with van der Waals surface area (Å²) in [6.07, 6.45) is 5.27. The van der Waals surface area contributed by atoms with Crippen LogP contribution >= 0.6 is 11.6 Å². The van der Waals surface area contributed by atoms with Gasteiger partial charge in [-0.25, -0.2) is 5.01 Å². The summed E-state index contributed by atoms with van der Waals surface area (Å²) in [4.78, 5) is 18.0. The van der Waals surface area contributed by atoms with E-state index in [1.54, 1.807) is 29.3 Å². The van der Waals surface area contributed by atoms with Gasteiger partial charge in [0.15, 0.2) is 0 Å². The van der Waals surface area contributed by atoms with Gasteiger partial charge >= 0.3 is 0 Å². The number of benzene rings is 3. The summed E-state index contributed by atoms with van der Waals surface area (Å²) in [5.41, 5.74) is 7.40. The quantitative estimate of drug-likeness (QED) is 0.373. The summed E-state index contributed by atoms with van der Waals surface area (Å²) in [6.45, 7) is 0. The second kappa shape index (κ2) is 10.4. The van der Waals surface area contributed by atoms with E-state index >= 15 is 0 Å². The Morgan fingerprint density at radius 2 is 1.49 bits per heavy atom. The molecule has 5 rings (SSSR count). The topological polar surface area (TPSA) is 39.1 Å². The van der Waals surface area contributed by atoms with Gasteiger partial charge in [-0.15, -0.1) is 0 Å². The number of hydrazone groups is 1. The molecule has 1 saturated carbocycles. The van der Waals surface area contributed by atoms with Gasteiger partial charge in [-0.2, -0.15) is 5.10 Å². The summed E-state index contributed by atoms with van der Waals surface area (Å²) in [5, 5.41) is 7.35. The van der Waals surface area contributed by atoms with Crippen molar-refractivity contribution >= 4 is 40.7 Å². The number of nitrogens with zero attached hydrogens (tertiary/aromatic N) is 4. The molecule has 1 fully saturated rings. The van der Waals surface area contributed by atoms with E-state index in [1.807, 2.05) is 28.2 Å². The third kappa shape index (κ3) is 5.14. The van der Waals surface area contributed by atoms with Crippen LogP contribution in [0.4, 0.5) is 11.4 Å². The van der Waals surface area contributed by atoms with Crippen LogP contribution in [0.5, 0.6) is 0 Å². The van der Waals surface area contributed by atoms with Crippen molar-refractivity contribution in [3.05, 3.63) is 100 Å². The number of hydrogen-bond acceptors (Lipinski definition) is 4. The molecule has 0 spiro atoms. The molecule has 0 unspecified atom stereocenters. The van der Waals surface area contributed by atoms with Crippen LogP contribution in [0.1, 0.15) is 46.8 Å². The Labute approximate surface area is 224 Å². The Kier molecular flexibility index (Phi) is 7.07. The molecule has 1 aliphatic carbocycles. The molecule has 0 saturated heterocycles. The molecule has 0 radical (unpaired) electrons. The fourth-order valence-corrected chi connectivity index (χ4v) is 5.39.